The van der Waals surface area contributed by atoms with E-state index in [-0.39, 0.29) is 11.5 Å². The normalized spacial score (nSPS) is 11.3. The summed E-state index contributed by atoms with van der Waals surface area (Å²) in [6.45, 7) is 4.00. The number of rotatable bonds is 6. The first-order valence-corrected chi connectivity index (χ1v) is 12.8. The number of esters is 1. The van der Waals surface area contributed by atoms with Crippen molar-refractivity contribution in [2.75, 3.05) is 0 Å². The number of carbonyl (C=O) groups excluding carboxylic acids is 2. The Morgan fingerprint density at radius 1 is 1.08 bits per heavy atom. The fourth-order valence-electron chi connectivity index (χ4n) is 4.24. The zero-order valence-corrected chi connectivity index (χ0v) is 22.7. The van der Waals surface area contributed by atoms with Gasteiger partial charge in [0.15, 0.2) is 0 Å². The van der Waals surface area contributed by atoms with Crippen LogP contribution in [0, 0.1) is 13.8 Å². The van der Waals surface area contributed by atoms with Gasteiger partial charge in [0.1, 0.15) is 11.4 Å². The van der Waals surface area contributed by atoms with Crippen molar-refractivity contribution < 1.29 is 18.7 Å². The van der Waals surface area contributed by atoms with Gasteiger partial charge in [-0.1, -0.05) is 57.4 Å². The number of hydrogen-bond acceptors (Lipinski definition) is 5. The number of H-pyrrole nitrogens is 1. The van der Waals surface area contributed by atoms with Crippen LogP contribution in [-0.2, 0) is 0 Å². The summed E-state index contributed by atoms with van der Waals surface area (Å²) in [6, 6.07) is 19.6. The minimum absolute atomic E-state index is 0.0700. The van der Waals surface area contributed by atoms with Crippen LogP contribution in [0.4, 0.5) is 0 Å². The number of hydrogen-bond donors (Lipinski definition) is 2. The van der Waals surface area contributed by atoms with E-state index in [0.29, 0.717) is 21.8 Å². The highest BCUT2D eigenvalue weighted by Crippen LogP contribution is 2.38. The second kappa shape index (κ2) is 10.7. The van der Waals surface area contributed by atoms with Crippen LogP contribution in [0.5, 0.6) is 5.75 Å². The van der Waals surface area contributed by atoms with Crippen molar-refractivity contribution in [2.45, 2.75) is 13.8 Å². The van der Waals surface area contributed by atoms with E-state index in [9.17, 15) is 9.59 Å². The van der Waals surface area contributed by atoms with Crippen LogP contribution in [0.2, 0.25) is 5.02 Å². The average Bonchev–Trinajstić information content (AvgIpc) is 3.55. The van der Waals surface area contributed by atoms with Crippen LogP contribution >= 0.6 is 27.5 Å². The summed E-state index contributed by atoms with van der Waals surface area (Å²) < 4.78 is 11.3. The Balaban J connectivity index is 1.47. The summed E-state index contributed by atoms with van der Waals surface area (Å²) in [5.41, 5.74) is 7.73. The number of aryl methyl sites for hydroxylation is 2. The van der Waals surface area contributed by atoms with E-state index < -0.39 is 11.9 Å². The summed E-state index contributed by atoms with van der Waals surface area (Å²) >= 11 is 9.95. The fraction of sp³-hybridized carbons (Fsp3) is 0.0690. The summed E-state index contributed by atoms with van der Waals surface area (Å²) in [7, 11) is 0. The molecule has 9 heteroatoms. The van der Waals surface area contributed by atoms with Crippen molar-refractivity contribution in [3.8, 4) is 16.9 Å². The van der Waals surface area contributed by atoms with Gasteiger partial charge in [-0.2, -0.15) is 5.10 Å². The molecule has 5 rings (SSSR count). The molecule has 3 aromatic carbocycles. The molecule has 0 aliphatic heterocycles. The molecule has 0 saturated carbocycles. The zero-order valence-electron chi connectivity index (χ0n) is 20.3. The van der Waals surface area contributed by atoms with Gasteiger partial charge in [0, 0.05) is 37.1 Å². The maximum Gasteiger partial charge on any atom is 0.379 e. The summed E-state index contributed by atoms with van der Waals surface area (Å²) in [5.74, 6) is -0.778. The molecule has 0 radical (unpaired) electrons. The van der Waals surface area contributed by atoms with Crippen molar-refractivity contribution in [1.29, 1.82) is 0 Å². The number of aromatic nitrogens is 1. The summed E-state index contributed by atoms with van der Waals surface area (Å²) in [4.78, 5) is 29.0. The Kier molecular flexibility index (Phi) is 7.18. The number of nitrogens with zero attached hydrogens (tertiary/aromatic N) is 1. The molecular weight excluding hydrogens is 570 g/mol. The minimum Gasteiger partial charge on any atom is -0.457 e. The average molecular weight is 591 g/mol. The molecular formula is C29H21BrClN3O4. The molecule has 7 nitrogen and oxygen atoms in total. The quantitative estimate of drug-likeness (QED) is 0.0929. The van der Waals surface area contributed by atoms with Crippen LogP contribution in [-0.4, -0.2) is 23.1 Å². The Bertz CT molecular complexity index is 1710. The van der Waals surface area contributed by atoms with Crippen LogP contribution in [0.1, 0.15) is 37.7 Å². The molecule has 2 aromatic heterocycles. The van der Waals surface area contributed by atoms with Crippen molar-refractivity contribution in [1.82, 2.24) is 10.4 Å². The van der Waals surface area contributed by atoms with E-state index in [0.717, 1.165) is 32.1 Å². The lowest BCUT2D eigenvalue weighted by atomic mass is 9.99. The second-order valence-corrected chi connectivity index (χ2v) is 9.93. The molecule has 0 aliphatic carbocycles. The van der Waals surface area contributed by atoms with Gasteiger partial charge in [-0.25, -0.2) is 10.2 Å². The van der Waals surface area contributed by atoms with Crippen LogP contribution < -0.4 is 10.2 Å². The van der Waals surface area contributed by atoms with Crippen molar-refractivity contribution >= 4 is 56.5 Å². The van der Waals surface area contributed by atoms with E-state index in [1.54, 1.807) is 30.3 Å². The second-order valence-electron chi connectivity index (χ2n) is 8.61. The lowest BCUT2D eigenvalue weighted by Crippen LogP contribution is -2.19. The molecule has 0 spiro atoms. The highest BCUT2D eigenvalue weighted by molar-refractivity contribution is 9.10. The highest BCUT2D eigenvalue weighted by atomic mass is 79.9. The number of amides is 1. The van der Waals surface area contributed by atoms with Gasteiger partial charge in [0.05, 0.1) is 12.5 Å². The molecule has 0 bridgehead atoms. The van der Waals surface area contributed by atoms with Crippen molar-refractivity contribution in [2.24, 2.45) is 5.10 Å². The van der Waals surface area contributed by atoms with Crippen LogP contribution in [0.3, 0.4) is 0 Å². The number of benzene rings is 3. The number of aromatic amines is 1. The molecule has 0 fully saturated rings. The Labute approximate surface area is 231 Å². The Morgan fingerprint density at radius 2 is 1.89 bits per heavy atom. The lowest BCUT2D eigenvalue weighted by Gasteiger charge is -2.08. The third-order valence-electron chi connectivity index (χ3n) is 5.89. The predicted molar refractivity (Wildman–Crippen MR) is 151 cm³/mol. The monoisotopic (exact) mass is 589 g/mol. The molecule has 2 N–H and O–H groups in total. The first-order valence-electron chi connectivity index (χ1n) is 11.6. The molecule has 38 heavy (non-hydrogen) atoms. The minimum atomic E-state index is -0.649. The number of furan rings is 1. The third kappa shape index (κ3) is 5.14. The first-order chi connectivity index (χ1) is 18.3. The smallest absolute Gasteiger partial charge is 0.379 e. The predicted octanol–water partition coefficient (Wildman–Crippen LogP) is 7.44. The summed E-state index contributed by atoms with van der Waals surface area (Å²) in [5, 5.41) is 5.57. The van der Waals surface area contributed by atoms with E-state index >= 15 is 0 Å². The molecule has 0 saturated heterocycles. The number of fused-ring (bicyclic) bond motifs is 1. The SMILES string of the molecule is Cc1cc(C)c2[nH]c(C(=O)NN=Cc3cc(Br)ccc3OC(=O)c3ccco3)c(-c3ccccc3Cl)c2c1. The van der Waals surface area contributed by atoms with Crippen LogP contribution in [0.15, 0.2) is 87.0 Å². The standard InChI is InChI=1S/C29H21BrClN3O4/c1-16-12-17(2)26-21(13-16)25(20-6-3-4-7-22(20)31)27(33-26)28(35)34-32-15-18-14-19(30)9-10-23(18)38-29(36)24-8-5-11-37-24/h3-15,33H,1-2H3,(H,34,35). The highest BCUT2D eigenvalue weighted by Gasteiger charge is 2.22. The number of nitrogens with one attached hydrogen (secondary N) is 2. The molecule has 0 atom stereocenters. The number of halogens is 2. The topological polar surface area (TPSA) is 96.7 Å². The van der Waals surface area contributed by atoms with Gasteiger partial charge in [-0.05, 0) is 61.9 Å². The first kappa shape index (κ1) is 25.5. The molecule has 190 valence electrons. The van der Waals surface area contributed by atoms with Crippen LogP contribution in [0.25, 0.3) is 22.0 Å². The molecule has 1 amide bonds. The van der Waals surface area contributed by atoms with Crippen molar-refractivity contribution in [3.63, 3.8) is 0 Å². The maximum absolute atomic E-state index is 13.4. The molecule has 0 aliphatic rings. The number of carbonyl (C=O) groups is 2. The summed E-state index contributed by atoms with van der Waals surface area (Å²) in [6.07, 6.45) is 2.79. The van der Waals surface area contributed by atoms with Crippen molar-refractivity contribution in [3.05, 3.63) is 111 Å². The van der Waals surface area contributed by atoms with E-state index in [2.05, 4.69) is 31.4 Å². The number of ether oxygens (including phenoxy) is 1. The van der Waals surface area contributed by atoms with E-state index in [1.807, 2.05) is 44.2 Å². The van der Waals surface area contributed by atoms with Gasteiger partial charge in [0.2, 0.25) is 5.76 Å². The Morgan fingerprint density at radius 3 is 2.66 bits per heavy atom. The zero-order chi connectivity index (χ0) is 26.8. The Hall–Kier alpha value is -4.14. The lowest BCUT2D eigenvalue weighted by molar-refractivity contribution is 0.0700. The van der Waals surface area contributed by atoms with Gasteiger partial charge < -0.3 is 14.1 Å². The molecule has 5 aromatic rings. The molecule has 2 heterocycles. The van der Waals surface area contributed by atoms with E-state index in [4.69, 9.17) is 20.8 Å². The van der Waals surface area contributed by atoms with E-state index in [1.165, 1.54) is 18.5 Å². The van der Waals surface area contributed by atoms with Gasteiger partial charge >= 0.3 is 5.97 Å². The maximum atomic E-state index is 13.4. The number of hydrazone groups is 1. The third-order valence-corrected chi connectivity index (χ3v) is 6.71. The van der Waals surface area contributed by atoms with Gasteiger partial charge in [-0.3, -0.25) is 4.79 Å². The fourth-order valence-corrected chi connectivity index (χ4v) is 4.85. The largest absolute Gasteiger partial charge is 0.457 e. The van der Waals surface area contributed by atoms with Gasteiger partial charge in [0.25, 0.3) is 5.91 Å². The molecule has 0 unspecified atom stereocenters. The van der Waals surface area contributed by atoms with Gasteiger partial charge in [-0.15, -0.1) is 0 Å².